The number of halogens is 1. The van der Waals surface area contributed by atoms with E-state index in [9.17, 15) is 17.6 Å². The molecule has 3 aromatic carbocycles. The number of anilines is 1. The van der Waals surface area contributed by atoms with Crippen molar-refractivity contribution in [3.63, 3.8) is 0 Å². The lowest BCUT2D eigenvalue weighted by molar-refractivity contribution is -0.120. The highest BCUT2D eigenvalue weighted by Crippen LogP contribution is 2.27. The van der Waals surface area contributed by atoms with Crippen molar-refractivity contribution < 1.29 is 17.6 Å². The SMILES string of the molecule is O=C(Nc1ccccc1F)[C@H]1CCCN(S(=O)(=O)c2ccc3ccccc3c2)C1. The fraction of sp³-hybridized carbons (Fsp3) is 0.227. The van der Waals surface area contributed by atoms with Gasteiger partial charge in [-0.2, -0.15) is 4.31 Å². The van der Waals surface area contributed by atoms with Crippen LogP contribution in [0, 0.1) is 11.7 Å². The highest BCUT2D eigenvalue weighted by molar-refractivity contribution is 7.89. The number of carbonyl (C=O) groups excluding carboxylic acids is 1. The predicted molar refractivity (Wildman–Crippen MR) is 110 cm³/mol. The van der Waals surface area contributed by atoms with Crippen molar-refractivity contribution in [1.82, 2.24) is 4.31 Å². The Balaban J connectivity index is 1.53. The molecule has 1 aliphatic rings. The maximum Gasteiger partial charge on any atom is 0.243 e. The topological polar surface area (TPSA) is 66.5 Å². The van der Waals surface area contributed by atoms with Crippen LogP contribution < -0.4 is 5.32 Å². The molecule has 1 amide bonds. The van der Waals surface area contributed by atoms with E-state index < -0.39 is 21.8 Å². The first kappa shape index (κ1) is 19.5. The van der Waals surface area contributed by atoms with Crippen LogP contribution in [0.5, 0.6) is 0 Å². The lowest BCUT2D eigenvalue weighted by Crippen LogP contribution is -2.43. The average molecular weight is 412 g/mol. The number of fused-ring (bicyclic) bond motifs is 1. The van der Waals surface area contributed by atoms with Gasteiger partial charge in [0.1, 0.15) is 5.82 Å². The quantitative estimate of drug-likeness (QED) is 0.704. The number of carbonyl (C=O) groups is 1. The van der Waals surface area contributed by atoms with E-state index >= 15 is 0 Å². The van der Waals surface area contributed by atoms with Crippen molar-refractivity contribution in [2.45, 2.75) is 17.7 Å². The van der Waals surface area contributed by atoms with Gasteiger partial charge in [-0.05, 0) is 47.9 Å². The molecule has 3 aromatic rings. The summed E-state index contributed by atoms with van der Waals surface area (Å²) in [5, 5.41) is 4.39. The zero-order valence-corrected chi connectivity index (χ0v) is 16.5. The Morgan fingerprint density at radius 3 is 2.52 bits per heavy atom. The Morgan fingerprint density at radius 1 is 1.00 bits per heavy atom. The summed E-state index contributed by atoms with van der Waals surface area (Å²) in [5.41, 5.74) is 0.104. The predicted octanol–water partition coefficient (Wildman–Crippen LogP) is 4.02. The zero-order valence-electron chi connectivity index (χ0n) is 15.7. The maximum atomic E-state index is 13.8. The van der Waals surface area contributed by atoms with Gasteiger partial charge in [0, 0.05) is 13.1 Å². The smallest absolute Gasteiger partial charge is 0.243 e. The Hall–Kier alpha value is -2.77. The van der Waals surface area contributed by atoms with Crippen LogP contribution >= 0.6 is 0 Å². The molecule has 0 aliphatic carbocycles. The van der Waals surface area contributed by atoms with Crippen LogP contribution in [0.2, 0.25) is 0 Å². The van der Waals surface area contributed by atoms with Gasteiger partial charge < -0.3 is 5.32 Å². The van der Waals surface area contributed by atoms with E-state index in [-0.39, 0.29) is 23.0 Å². The summed E-state index contributed by atoms with van der Waals surface area (Å²) >= 11 is 0. The van der Waals surface area contributed by atoms with Gasteiger partial charge in [0.25, 0.3) is 0 Å². The highest BCUT2D eigenvalue weighted by atomic mass is 32.2. The van der Waals surface area contributed by atoms with Crippen molar-refractivity contribution in [2.24, 2.45) is 5.92 Å². The van der Waals surface area contributed by atoms with Crippen LogP contribution in [0.4, 0.5) is 10.1 Å². The van der Waals surface area contributed by atoms with E-state index in [1.54, 1.807) is 30.3 Å². The van der Waals surface area contributed by atoms with E-state index in [2.05, 4.69) is 5.32 Å². The number of benzene rings is 3. The Bertz CT molecular complexity index is 1160. The molecule has 1 fully saturated rings. The Morgan fingerprint density at radius 2 is 1.72 bits per heavy atom. The largest absolute Gasteiger partial charge is 0.323 e. The molecule has 0 saturated carbocycles. The summed E-state index contributed by atoms with van der Waals surface area (Å²) in [6.45, 7) is 0.439. The van der Waals surface area contributed by atoms with Gasteiger partial charge in [-0.25, -0.2) is 12.8 Å². The molecule has 1 saturated heterocycles. The average Bonchev–Trinajstić information content (AvgIpc) is 2.75. The standard InChI is InChI=1S/C22H21FN2O3S/c23-20-9-3-4-10-21(20)24-22(26)18-8-5-13-25(15-18)29(27,28)19-12-11-16-6-1-2-7-17(16)14-19/h1-4,6-7,9-12,14,18H,5,8,13,15H2,(H,24,26)/t18-/m0/s1. The molecule has 7 heteroatoms. The maximum absolute atomic E-state index is 13.8. The summed E-state index contributed by atoms with van der Waals surface area (Å²) < 4.78 is 41.5. The normalized spacial score (nSPS) is 17.9. The Kier molecular flexibility index (Phi) is 5.34. The number of amides is 1. The van der Waals surface area contributed by atoms with Crippen LogP contribution in [0.3, 0.4) is 0 Å². The fourth-order valence-electron chi connectivity index (χ4n) is 3.65. The van der Waals surface area contributed by atoms with Gasteiger partial charge in [-0.3, -0.25) is 4.79 Å². The molecule has 0 aromatic heterocycles. The molecule has 0 unspecified atom stereocenters. The van der Waals surface area contributed by atoms with Crippen molar-refractivity contribution in [3.05, 3.63) is 72.5 Å². The van der Waals surface area contributed by atoms with Gasteiger partial charge in [0.05, 0.1) is 16.5 Å². The van der Waals surface area contributed by atoms with E-state index in [0.29, 0.717) is 19.4 Å². The number of para-hydroxylation sites is 1. The second-order valence-electron chi connectivity index (χ2n) is 7.18. The summed E-state index contributed by atoms with van der Waals surface area (Å²) in [5.74, 6) is -1.41. The van der Waals surface area contributed by atoms with Crippen molar-refractivity contribution in [3.8, 4) is 0 Å². The van der Waals surface area contributed by atoms with E-state index in [1.807, 2.05) is 24.3 Å². The molecule has 5 nitrogen and oxygen atoms in total. The lowest BCUT2D eigenvalue weighted by atomic mass is 9.98. The summed E-state index contributed by atoms with van der Waals surface area (Å²) in [4.78, 5) is 12.8. The van der Waals surface area contributed by atoms with Gasteiger partial charge in [0.15, 0.2) is 0 Å². The summed E-state index contributed by atoms with van der Waals surface area (Å²) in [6.07, 6.45) is 1.13. The third-order valence-corrected chi connectivity index (χ3v) is 7.11. The molecule has 0 bridgehead atoms. The van der Waals surface area contributed by atoms with E-state index in [1.165, 1.54) is 16.4 Å². The van der Waals surface area contributed by atoms with Gasteiger partial charge >= 0.3 is 0 Å². The van der Waals surface area contributed by atoms with Crippen molar-refractivity contribution in [1.29, 1.82) is 0 Å². The van der Waals surface area contributed by atoms with Gasteiger partial charge in [0.2, 0.25) is 15.9 Å². The first-order chi connectivity index (χ1) is 13.9. The number of nitrogens with one attached hydrogen (secondary N) is 1. The van der Waals surface area contributed by atoms with Crippen molar-refractivity contribution >= 4 is 32.4 Å². The lowest BCUT2D eigenvalue weighted by Gasteiger charge is -2.31. The Labute approximate surface area is 169 Å². The van der Waals surface area contributed by atoms with Gasteiger partial charge in [-0.1, -0.05) is 42.5 Å². The van der Waals surface area contributed by atoms with Gasteiger partial charge in [-0.15, -0.1) is 0 Å². The van der Waals surface area contributed by atoms with Crippen LogP contribution in [-0.4, -0.2) is 31.7 Å². The van der Waals surface area contributed by atoms with Crippen LogP contribution in [0.25, 0.3) is 10.8 Å². The first-order valence-corrected chi connectivity index (χ1v) is 10.9. The number of nitrogens with zero attached hydrogens (tertiary/aromatic N) is 1. The number of piperidine rings is 1. The second kappa shape index (κ2) is 7.93. The molecule has 4 rings (SSSR count). The molecule has 0 radical (unpaired) electrons. The molecule has 1 N–H and O–H groups in total. The highest BCUT2D eigenvalue weighted by Gasteiger charge is 2.33. The minimum absolute atomic E-state index is 0.0788. The number of rotatable bonds is 4. The molecular formula is C22H21FN2O3S. The molecule has 1 heterocycles. The van der Waals surface area contributed by atoms with Crippen LogP contribution in [0.1, 0.15) is 12.8 Å². The first-order valence-electron chi connectivity index (χ1n) is 9.49. The summed E-state index contributed by atoms with van der Waals surface area (Å²) in [6, 6.07) is 18.5. The monoisotopic (exact) mass is 412 g/mol. The fourth-order valence-corrected chi connectivity index (χ4v) is 5.21. The minimum atomic E-state index is -3.72. The minimum Gasteiger partial charge on any atom is -0.323 e. The van der Waals surface area contributed by atoms with E-state index in [0.717, 1.165) is 10.8 Å². The molecule has 29 heavy (non-hydrogen) atoms. The molecular weight excluding hydrogens is 391 g/mol. The number of sulfonamides is 1. The van der Waals surface area contributed by atoms with Crippen LogP contribution in [-0.2, 0) is 14.8 Å². The molecule has 1 atom stereocenters. The van der Waals surface area contributed by atoms with Crippen molar-refractivity contribution in [2.75, 3.05) is 18.4 Å². The van der Waals surface area contributed by atoms with Crippen LogP contribution in [0.15, 0.2) is 71.6 Å². The van der Waals surface area contributed by atoms with E-state index in [4.69, 9.17) is 0 Å². The summed E-state index contributed by atoms with van der Waals surface area (Å²) in [7, 11) is -3.72. The third kappa shape index (κ3) is 4.02. The zero-order chi connectivity index (χ0) is 20.4. The molecule has 150 valence electrons. The third-order valence-electron chi connectivity index (χ3n) is 5.25. The molecule has 1 aliphatic heterocycles. The molecule has 0 spiro atoms. The number of hydrogen-bond acceptors (Lipinski definition) is 3. The second-order valence-corrected chi connectivity index (χ2v) is 9.12. The number of hydrogen-bond donors (Lipinski definition) is 1.